The molecule has 0 saturated carbocycles. The first-order valence-electron chi connectivity index (χ1n) is 10.3. The third-order valence-corrected chi connectivity index (χ3v) is 6.36. The first-order valence-corrected chi connectivity index (χ1v) is 10.3. The predicted molar refractivity (Wildman–Crippen MR) is 125 cm³/mol. The molecule has 31 heavy (non-hydrogen) atoms. The number of aromatic nitrogens is 1. The molecule has 0 amide bonds. The third-order valence-electron chi connectivity index (χ3n) is 6.36. The van der Waals surface area contributed by atoms with Gasteiger partial charge in [-0.3, -0.25) is 4.99 Å². The van der Waals surface area contributed by atoms with Crippen molar-refractivity contribution < 1.29 is 21.1 Å². The van der Waals surface area contributed by atoms with Crippen molar-refractivity contribution in [2.24, 2.45) is 9.98 Å². The van der Waals surface area contributed by atoms with E-state index in [1.807, 2.05) is 12.1 Å². The average molecular weight is 589 g/mol. The molecule has 160 valence electrons. The van der Waals surface area contributed by atoms with Gasteiger partial charge in [-0.15, -0.1) is 23.3 Å². The van der Waals surface area contributed by atoms with Crippen molar-refractivity contribution in [2.75, 3.05) is 0 Å². The maximum atomic E-state index is 4.96. The summed E-state index contributed by atoms with van der Waals surface area (Å²) in [5, 5.41) is 0. The van der Waals surface area contributed by atoms with Crippen molar-refractivity contribution >= 4 is 22.9 Å². The second kappa shape index (κ2) is 8.63. The minimum atomic E-state index is -0.301. The van der Waals surface area contributed by atoms with E-state index in [-0.39, 0.29) is 31.9 Å². The van der Waals surface area contributed by atoms with E-state index in [0.717, 1.165) is 39.4 Å². The fourth-order valence-corrected chi connectivity index (χ4v) is 3.55. The summed E-state index contributed by atoms with van der Waals surface area (Å²) in [5.41, 5.74) is 6.42. The summed E-state index contributed by atoms with van der Waals surface area (Å²) in [5.74, 6) is 0.643. The molecule has 0 atom stereocenters. The molecule has 0 radical (unpaired) electrons. The van der Waals surface area contributed by atoms with E-state index < -0.39 is 0 Å². The molecule has 1 aromatic heterocycles. The Morgan fingerprint density at radius 2 is 1.19 bits per heavy atom. The topological polar surface area (TPSA) is 37.6 Å². The van der Waals surface area contributed by atoms with Gasteiger partial charge >= 0.3 is 21.1 Å². The maximum Gasteiger partial charge on any atom is 2.00 e. The summed E-state index contributed by atoms with van der Waals surface area (Å²) in [7, 11) is 0. The number of benzene rings is 2. The van der Waals surface area contributed by atoms with Crippen LogP contribution in [0.2, 0.25) is 0 Å². The van der Waals surface area contributed by atoms with E-state index >= 15 is 0 Å². The zero-order valence-corrected chi connectivity index (χ0v) is 21.1. The summed E-state index contributed by atoms with van der Waals surface area (Å²) >= 11 is 0. The van der Waals surface area contributed by atoms with Crippen LogP contribution in [0.25, 0.3) is 11.1 Å². The van der Waals surface area contributed by atoms with Gasteiger partial charge in [-0.05, 0) is 26.0 Å². The van der Waals surface area contributed by atoms with Gasteiger partial charge in [-0.1, -0.05) is 27.7 Å². The second-order valence-corrected chi connectivity index (χ2v) is 8.95. The van der Waals surface area contributed by atoms with E-state index in [1.54, 1.807) is 6.20 Å². The molecule has 4 bridgehead atoms. The molecule has 0 aliphatic carbocycles. The van der Waals surface area contributed by atoms with Gasteiger partial charge in [0.15, 0.2) is 5.82 Å². The Labute approximate surface area is 200 Å². The molecule has 1 aliphatic heterocycles. The minimum Gasteiger partial charge on any atom is -0.253 e. The van der Waals surface area contributed by atoms with E-state index in [4.69, 9.17) is 9.98 Å². The first-order chi connectivity index (χ1) is 14.2. The Hall–Kier alpha value is -2.38. The summed E-state index contributed by atoms with van der Waals surface area (Å²) in [4.78, 5) is 14.4. The van der Waals surface area contributed by atoms with Crippen LogP contribution in [0.4, 0.5) is 11.5 Å². The van der Waals surface area contributed by atoms with Gasteiger partial charge in [0.1, 0.15) is 5.69 Å². The number of hydrogen-bond acceptors (Lipinski definition) is 3. The van der Waals surface area contributed by atoms with Crippen LogP contribution in [0.1, 0.15) is 52.7 Å². The number of rotatable bonds is 0. The van der Waals surface area contributed by atoms with E-state index in [0.29, 0.717) is 5.82 Å². The van der Waals surface area contributed by atoms with Crippen molar-refractivity contribution in [2.45, 2.75) is 52.4 Å². The number of aliphatic imine (C=N–C) groups is 2. The first kappa shape index (κ1) is 23.3. The SMILES string of the molecule is CC1=Nc2cccnc2/N=C(\C)C(C)(C)c2[c-]c(ccc2)-c2[c-]c(ccc2)C1(C)C.[Pt+2]. The zero-order valence-electron chi connectivity index (χ0n) is 18.9. The standard InChI is InChI=1S/C27H27N3.Pt/c1-18-26(3,4)22-12-7-10-20(16-22)21-11-8-13-23(17-21)27(5,6)19(2)30-25-24(29-18)14-9-15-28-25;/h7-15H,1-6H3;/q-2;+2/b29-18?,30-19+;. The molecule has 0 N–H and O–H groups in total. The van der Waals surface area contributed by atoms with Crippen LogP contribution in [0.3, 0.4) is 0 Å². The monoisotopic (exact) mass is 588 g/mol. The van der Waals surface area contributed by atoms with Crippen molar-refractivity contribution in [3.05, 3.63) is 78.0 Å². The van der Waals surface area contributed by atoms with Gasteiger partial charge in [0.25, 0.3) is 0 Å². The summed E-state index contributed by atoms with van der Waals surface area (Å²) in [6.45, 7) is 12.8. The Balaban J connectivity index is 0.00000272. The Morgan fingerprint density at radius 1 is 0.677 bits per heavy atom. The number of pyridine rings is 1. The normalized spacial score (nSPS) is 18.4. The van der Waals surface area contributed by atoms with E-state index in [1.165, 1.54) is 0 Å². The Bertz CT molecular complexity index is 1080. The number of nitrogens with zero attached hydrogens (tertiary/aromatic N) is 3. The van der Waals surface area contributed by atoms with Crippen LogP contribution in [0.15, 0.2) is 64.7 Å². The molecule has 3 aromatic rings. The molecule has 1 aliphatic rings. The maximum absolute atomic E-state index is 4.96. The minimum absolute atomic E-state index is 0. The van der Waals surface area contributed by atoms with Crippen LogP contribution in [0, 0.1) is 12.1 Å². The second-order valence-electron chi connectivity index (χ2n) is 8.95. The summed E-state index contributed by atoms with van der Waals surface area (Å²) in [6.07, 6.45) is 1.77. The largest absolute Gasteiger partial charge is 2.00 e. The van der Waals surface area contributed by atoms with E-state index in [9.17, 15) is 0 Å². The molecule has 0 fully saturated rings. The molecule has 4 heteroatoms. The molecule has 0 unspecified atom stereocenters. The van der Waals surface area contributed by atoms with Crippen molar-refractivity contribution in [1.82, 2.24) is 4.98 Å². The molecular formula is C27H27N3Pt. The zero-order chi connectivity index (χ0) is 21.5. The summed E-state index contributed by atoms with van der Waals surface area (Å²) in [6, 6.07) is 23.8. The van der Waals surface area contributed by atoms with Gasteiger partial charge < -0.3 is 0 Å². The fourth-order valence-electron chi connectivity index (χ4n) is 3.55. The van der Waals surface area contributed by atoms with Crippen LogP contribution >= 0.6 is 0 Å². The van der Waals surface area contributed by atoms with Crippen molar-refractivity contribution in [1.29, 1.82) is 0 Å². The third kappa shape index (κ3) is 4.34. The van der Waals surface area contributed by atoms with Crippen LogP contribution in [-0.4, -0.2) is 16.4 Å². The molecule has 0 saturated heterocycles. The Morgan fingerprint density at radius 3 is 1.74 bits per heavy atom. The molecule has 2 heterocycles. The average Bonchev–Trinajstić information content (AvgIpc) is 2.74. The summed E-state index contributed by atoms with van der Waals surface area (Å²) < 4.78 is 0. The van der Waals surface area contributed by atoms with Crippen molar-refractivity contribution in [3.8, 4) is 11.1 Å². The molecule has 4 rings (SSSR count). The van der Waals surface area contributed by atoms with Gasteiger partial charge in [0.05, 0.1) is 0 Å². The molecule has 2 aromatic carbocycles. The quantitative estimate of drug-likeness (QED) is 0.266. The predicted octanol–water partition coefficient (Wildman–Crippen LogP) is 6.80. The number of hydrogen-bond donors (Lipinski definition) is 0. The Kier molecular flexibility index (Phi) is 6.48. The van der Waals surface area contributed by atoms with Crippen molar-refractivity contribution in [3.63, 3.8) is 0 Å². The van der Waals surface area contributed by atoms with Gasteiger partial charge in [-0.25, -0.2) is 21.1 Å². The number of fused-ring (bicyclic) bond motifs is 6. The van der Waals surface area contributed by atoms with Gasteiger partial charge in [0.2, 0.25) is 0 Å². The smallest absolute Gasteiger partial charge is 0.253 e. The molecule has 0 spiro atoms. The van der Waals surface area contributed by atoms with Gasteiger partial charge in [0, 0.05) is 28.5 Å². The van der Waals surface area contributed by atoms with Crippen LogP contribution in [0.5, 0.6) is 0 Å². The van der Waals surface area contributed by atoms with Gasteiger partial charge in [-0.2, -0.15) is 36.4 Å². The van der Waals surface area contributed by atoms with E-state index in [2.05, 4.69) is 95.1 Å². The van der Waals surface area contributed by atoms with Crippen LogP contribution in [-0.2, 0) is 31.9 Å². The molecular weight excluding hydrogens is 561 g/mol. The fraction of sp³-hybridized carbons (Fsp3) is 0.296. The van der Waals surface area contributed by atoms with Crippen LogP contribution < -0.4 is 0 Å². The molecule has 3 nitrogen and oxygen atoms in total.